The highest BCUT2D eigenvalue weighted by Crippen LogP contribution is 2.27. The molecule has 1 amide bonds. The van der Waals surface area contributed by atoms with Crippen LogP contribution in [0.2, 0.25) is 0 Å². The standard InChI is InChI=1S/C16H12F3N5O2/c17-16(18,19)13-6-5-10(9-21-13)14(25)20-7-8-24-15(26)11-3-1-2-4-12(11)22-23-24/h1-6,9H,7-8H2,(H,20,25). The molecule has 0 aliphatic rings. The minimum absolute atomic E-state index is 0.0186. The first-order valence-corrected chi connectivity index (χ1v) is 7.50. The minimum Gasteiger partial charge on any atom is -0.350 e. The molecule has 1 aromatic carbocycles. The van der Waals surface area contributed by atoms with E-state index in [1.807, 2.05) is 0 Å². The van der Waals surface area contributed by atoms with Crippen molar-refractivity contribution in [2.24, 2.45) is 0 Å². The van der Waals surface area contributed by atoms with Crippen LogP contribution in [0.15, 0.2) is 47.4 Å². The number of alkyl halides is 3. The fourth-order valence-corrected chi connectivity index (χ4v) is 2.24. The van der Waals surface area contributed by atoms with Crippen LogP contribution in [0.5, 0.6) is 0 Å². The second-order valence-corrected chi connectivity index (χ2v) is 5.32. The molecule has 0 saturated heterocycles. The largest absolute Gasteiger partial charge is 0.433 e. The van der Waals surface area contributed by atoms with Crippen molar-refractivity contribution in [1.29, 1.82) is 0 Å². The van der Waals surface area contributed by atoms with Crippen LogP contribution in [0.1, 0.15) is 16.1 Å². The highest BCUT2D eigenvalue weighted by molar-refractivity contribution is 5.93. The van der Waals surface area contributed by atoms with Gasteiger partial charge >= 0.3 is 6.18 Å². The van der Waals surface area contributed by atoms with Crippen LogP contribution < -0.4 is 10.9 Å². The maximum atomic E-state index is 12.5. The molecule has 0 atom stereocenters. The van der Waals surface area contributed by atoms with E-state index in [0.717, 1.165) is 23.0 Å². The predicted molar refractivity (Wildman–Crippen MR) is 85.4 cm³/mol. The number of hydrogen-bond acceptors (Lipinski definition) is 5. The van der Waals surface area contributed by atoms with Gasteiger partial charge in [0.1, 0.15) is 11.2 Å². The van der Waals surface area contributed by atoms with Crippen LogP contribution in [-0.2, 0) is 12.7 Å². The molecular formula is C16H12F3N5O2. The Balaban J connectivity index is 1.64. The number of rotatable bonds is 4. The highest BCUT2D eigenvalue weighted by Gasteiger charge is 2.32. The molecule has 3 rings (SSSR count). The van der Waals surface area contributed by atoms with Gasteiger partial charge in [0.25, 0.3) is 11.5 Å². The van der Waals surface area contributed by atoms with Crippen LogP contribution in [0.4, 0.5) is 13.2 Å². The summed E-state index contributed by atoms with van der Waals surface area (Å²) in [5, 5.41) is 10.6. The van der Waals surface area contributed by atoms with Gasteiger partial charge in [0.2, 0.25) is 0 Å². The van der Waals surface area contributed by atoms with Crippen molar-refractivity contribution in [3.8, 4) is 0 Å². The zero-order chi connectivity index (χ0) is 18.7. The van der Waals surface area contributed by atoms with Crippen molar-refractivity contribution in [3.05, 3.63) is 64.2 Å². The van der Waals surface area contributed by atoms with E-state index in [-0.39, 0.29) is 24.2 Å². The Labute approximate surface area is 144 Å². The van der Waals surface area contributed by atoms with Crippen molar-refractivity contribution in [2.75, 3.05) is 6.54 Å². The fraction of sp³-hybridized carbons (Fsp3) is 0.188. The molecule has 0 radical (unpaired) electrons. The summed E-state index contributed by atoms with van der Waals surface area (Å²) < 4.78 is 38.5. The van der Waals surface area contributed by atoms with Crippen molar-refractivity contribution >= 4 is 16.8 Å². The van der Waals surface area contributed by atoms with E-state index in [1.54, 1.807) is 24.3 Å². The maximum absolute atomic E-state index is 12.5. The van der Waals surface area contributed by atoms with Crippen LogP contribution in [0.25, 0.3) is 10.9 Å². The van der Waals surface area contributed by atoms with E-state index >= 15 is 0 Å². The number of nitrogens with zero attached hydrogens (tertiary/aromatic N) is 4. The number of pyridine rings is 1. The lowest BCUT2D eigenvalue weighted by Gasteiger charge is -2.08. The Morgan fingerprint density at radius 3 is 2.62 bits per heavy atom. The van der Waals surface area contributed by atoms with Gasteiger partial charge in [0.05, 0.1) is 17.5 Å². The lowest BCUT2D eigenvalue weighted by Crippen LogP contribution is -2.32. The minimum atomic E-state index is -4.56. The lowest BCUT2D eigenvalue weighted by molar-refractivity contribution is -0.141. The van der Waals surface area contributed by atoms with E-state index in [2.05, 4.69) is 20.6 Å². The molecule has 0 unspecified atom stereocenters. The second-order valence-electron chi connectivity index (χ2n) is 5.32. The molecule has 134 valence electrons. The number of aromatic nitrogens is 4. The number of benzene rings is 1. The zero-order valence-electron chi connectivity index (χ0n) is 13.2. The number of carbonyl (C=O) groups is 1. The quantitative estimate of drug-likeness (QED) is 0.761. The van der Waals surface area contributed by atoms with Crippen molar-refractivity contribution < 1.29 is 18.0 Å². The van der Waals surface area contributed by atoms with Gasteiger partial charge in [-0.15, -0.1) is 5.10 Å². The average Bonchev–Trinajstić information content (AvgIpc) is 2.63. The van der Waals surface area contributed by atoms with E-state index in [4.69, 9.17) is 0 Å². The zero-order valence-corrected chi connectivity index (χ0v) is 13.2. The number of hydrogen-bond donors (Lipinski definition) is 1. The summed E-state index contributed by atoms with van der Waals surface area (Å²) >= 11 is 0. The van der Waals surface area contributed by atoms with Gasteiger partial charge < -0.3 is 5.32 Å². The summed E-state index contributed by atoms with van der Waals surface area (Å²) in [6.45, 7) is 0.114. The molecule has 0 fully saturated rings. The molecule has 1 N–H and O–H groups in total. The monoisotopic (exact) mass is 363 g/mol. The third-order valence-corrected chi connectivity index (χ3v) is 3.55. The summed E-state index contributed by atoms with van der Waals surface area (Å²) in [6.07, 6.45) is -3.72. The van der Waals surface area contributed by atoms with Crippen LogP contribution >= 0.6 is 0 Å². The van der Waals surface area contributed by atoms with Crippen LogP contribution in [0.3, 0.4) is 0 Å². The van der Waals surface area contributed by atoms with Gasteiger partial charge in [-0.3, -0.25) is 14.6 Å². The van der Waals surface area contributed by atoms with Gasteiger partial charge in [-0.1, -0.05) is 17.3 Å². The van der Waals surface area contributed by atoms with Gasteiger partial charge in [0, 0.05) is 12.7 Å². The number of carbonyl (C=O) groups excluding carboxylic acids is 1. The predicted octanol–water partition coefficient (Wildman–Crippen LogP) is 1.64. The summed E-state index contributed by atoms with van der Waals surface area (Å²) in [6, 6.07) is 8.48. The van der Waals surface area contributed by atoms with E-state index in [9.17, 15) is 22.8 Å². The normalized spacial score (nSPS) is 11.5. The summed E-state index contributed by atoms with van der Waals surface area (Å²) in [7, 11) is 0. The Morgan fingerprint density at radius 2 is 1.92 bits per heavy atom. The van der Waals surface area contributed by atoms with Gasteiger partial charge in [-0.2, -0.15) is 13.2 Å². The van der Waals surface area contributed by atoms with Crippen molar-refractivity contribution in [3.63, 3.8) is 0 Å². The maximum Gasteiger partial charge on any atom is 0.433 e. The second kappa shape index (κ2) is 6.90. The number of fused-ring (bicyclic) bond motifs is 1. The van der Waals surface area contributed by atoms with Crippen molar-refractivity contribution in [1.82, 2.24) is 25.3 Å². The van der Waals surface area contributed by atoms with E-state index < -0.39 is 17.8 Å². The molecule has 26 heavy (non-hydrogen) atoms. The average molecular weight is 363 g/mol. The molecule has 0 aliphatic carbocycles. The first-order chi connectivity index (χ1) is 12.4. The first kappa shape index (κ1) is 17.5. The molecular weight excluding hydrogens is 351 g/mol. The number of halogens is 3. The molecule has 0 saturated carbocycles. The van der Waals surface area contributed by atoms with Crippen molar-refractivity contribution in [2.45, 2.75) is 12.7 Å². The molecule has 0 aliphatic heterocycles. The van der Waals surface area contributed by atoms with Crippen LogP contribution in [-0.4, -0.2) is 32.4 Å². The topological polar surface area (TPSA) is 89.8 Å². The summed E-state index contributed by atoms with van der Waals surface area (Å²) in [5.74, 6) is -0.604. The Kier molecular flexibility index (Phi) is 4.65. The molecule has 7 nitrogen and oxygen atoms in total. The molecule has 10 heteroatoms. The molecule has 3 aromatic rings. The highest BCUT2D eigenvalue weighted by atomic mass is 19.4. The third-order valence-electron chi connectivity index (χ3n) is 3.55. The molecule has 2 aromatic heterocycles. The number of amides is 1. The fourth-order valence-electron chi connectivity index (χ4n) is 2.24. The molecule has 0 bridgehead atoms. The Bertz CT molecular complexity index is 999. The van der Waals surface area contributed by atoms with E-state index in [1.165, 1.54) is 0 Å². The van der Waals surface area contributed by atoms with Gasteiger partial charge in [-0.05, 0) is 24.3 Å². The summed E-state index contributed by atoms with van der Waals surface area (Å²) in [4.78, 5) is 27.4. The molecule has 0 spiro atoms. The van der Waals surface area contributed by atoms with Gasteiger partial charge in [-0.25, -0.2) is 4.68 Å². The summed E-state index contributed by atoms with van der Waals surface area (Å²) in [5.41, 5.74) is -0.975. The SMILES string of the molecule is O=C(NCCn1nnc2ccccc2c1=O)c1ccc(C(F)(F)F)nc1. The third kappa shape index (κ3) is 3.68. The Morgan fingerprint density at radius 1 is 1.15 bits per heavy atom. The van der Waals surface area contributed by atoms with Gasteiger partial charge in [0.15, 0.2) is 0 Å². The molecule has 2 heterocycles. The first-order valence-electron chi connectivity index (χ1n) is 7.50. The van der Waals surface area contributed by atoms with Crippen LogP contribution in [0, 0.1) is 0 Å². The number of nitrogens with one attached hydrogen (secondary N) is 1. The van der Waals surface area contributed by atoms with E-state index in [0.29, 0.717) is 10.9 Å². The smallest absolute Gasteiger partial charge is 0.350 e. The Hall–Kier alpha value is -3.30. The lowest BCUT2D eigenvalue weighted by atomic mass is 10.2.